The van der Waals surface area contributed by atoms with Gasteiger partial charge < -0.3 is 31.6 Å². The zero-order chi connectivity index (χ0) is 22.2. The molecule has 6 atom stereocenters. The minimum Gasteiger partial charge on any atom is -0.759 e. The van der Waals surface area contributed by atoms with E-state index >= 15 is 0 Å². The molecule has 2 amide bonds. The molecule has 2 fully saturated rings. The lowest BCUT2D eigenvalue weighted by molar-refractivity contribution is -0.306. The van der Waals surface area contributed by atoms with E-state index in [0.29, 0.717) is 11.1 Å². The molecule has 168 valence electrons. The molecule has 0 N–H and O–H groups in total. The zero-order valence-corrected chi connectivity index (χ0v) is 18.5. The molecule has 2 aromatic rings. The lowest BCUT2D eigenvalue weighted by atomic mass is 9.95. The molecule has 32 heavy (non-hydrogen) atoms. The Bertz CT molecular complexity index is 972. The number of fused-ring (bicyclic) bond motifs is 2. The fraction of sp³-hybridized carbons (Fsp3) is 0.391. The summed E-state index contributed by atoms with van der Waals surface area (Å²) in [6, 6.07) is 15.5. The minimum atomic E-state index is -0.890. The number of carbonyl (C=O) groups excluding carboxylic acids is 2. The Morgan fingerprint density at radius 3 is 2.31 bits per heavy atom. The van der Waals surface area contributed by atoms with Crippen LogP contribution in [0.15, 0.2) is 54.6 Å². The van der Waals surface area contributed by atoms with E-state index in [-0.39, 0.29) is 19.1 Å². The van der Waals surface area contributed by atoms with Crippen LogP contribution < -0.4 is 0 Å². The molecule has 1 unspecified atom stereocenters. The van der Waals surface area contributed by atoms with Gasteiger partial charge in [0.2, 0.25) is 0 Å². The summed E-state index contributed by atoms with van der Waals surface area (Å²) >= 11 is 11.6. The van der Waals surface area contributed by atoms with Crippen LogP contribution in [-0.2, 0) is 38.2 Å². The number of alkyl halides is 1. The molecular weight excluding hydrogens is 454 g/mol. The van der Waals surface area contributed by atoms with E-state index in [0.717, 1.165) is 5.56 Å². The van der Waals surface area contributed by atoms with E-state index in [1.165, 1.54) is 4.90 Å². The predicted octanol–water partition coefficient (Wildman–Crippen LogP) is 2.49. The maximum atomic E-state index is 13.2. The molecule has 9 heteroatoms. The molecule has 0 aliphatic carbocycles. The lowest BCUT2D eigenvalue weighted by Crippen LogP contribution is -2.68. The van der Waals surface area contributed by atoms with Gasteiger partial charge in [-0.05, 0) is 23.1 Å². The lowest BCUT2D eigenvalue weighted by Gasteiger charge is -2.53. The SMILES string of the molecule is O=C1c2ccccc2C(=O)N1[C@@H]1[C@@H](OCc2ccccc2)[C@H]2OC(CCl)OC[C@H]2O[C@H]1[S-]. The number of carbonyl (C=O) groups is 2. The van der Waals surface area contributed by atoms with Gasteiger partial charge in [-0.25, -0.2) is 0 Å². The molecular formula is C23H21ClNO6S-. The molecule has 0 aromatic heterocycles. The van der Waals surface area contributed by atoms with Crippen molar-refractivity contribution < 1.29 is 28.5 Å². The van der Waals surface area contributed by atoms with Crippen molar-refractivity contribution in [3.8, 4) is 0 Å². The Hall–Kier alpha value is -1.94. The van der Waals surface area contributed by atoms with E-state index in [9.17, 15) is 9.59 Å². The number of amides is 2. The van der Waals surface area contributed by atoms with Gasteiger partial charge in [0.25, 0.3) is 11.8 Å². The van der Waals surface area contributed by atoms with Crippen molar-refractivity contribution in [2.45, 2.75) is 42.7 Å². The highest BCUT2D eigenvalue weighted by atomic mass is 35.5. The number of rotatable bonds is 5. The third kappa shape index (κ3) is 3.85. The van der Waals surface area contributed by atoms with Gasteiger partial charge in [0.1, 0.15) is 18.3 Å². The van der Waals surface area contributed by atoms with Gasteiger partial charge in [-0.2, -0.15) is 0 Å². The van der Waals surface area contributed by atoms with Crippen LogP contribution in [-0.4, -0.2) is 65.3 Å². The molecule has 3 aliphatic rings. The predicted molar refractivity (Wildman–Crippen MR) is 117 cm³/mol. The monoisotopic (exact) mass is 474 g/mol. The second-order valence-electron chi connectivity index (χ2n) is 7.84. The van der Waals surface area contributed by atoms with Crippen LogP contribution in [0.5, 0.6) is 0 Å². The highest BCUT2D eigenvalue weighted by molar-refractivity contribution is 7.59. The van der Waals surface area contributed by atoms with Crippen molar-refractivity contribution in [3.63, 3.8) is 0 Å². The number of ether oxygens (including phenoxy) is 4. The summed E-state index contributed by atoms with van der Waals surface area (Å²) in [6.45, 7) is 0.488. The Labute approximate surface area is 195 Å². The summed E-state index contributed by atoms with van der Waals surface area (Å²) in [5.74, 6) is -0.701. The fourth-order valence-corrected chi connectivity index (χ4v) is 4.98. The molecule has 5 rings (SSSR count). The molecule has 7 nitrogen and oxygen atoms in total. The smallest absolute Gasteiger partial charge is 0.261 e. The Morgan fingerprint density at radius 1 is 1.00 bits per heavy atom. The molecule has 3 heterocycles. The zero-order valence-electron chi connectivity index (χ0n) is 17.0. The fourth-order valence-electron chi connectivity index (χ4n) is 4.40. The van der Waals surface area contributed by atoms with Gasteiger partial charge in [-0.15, -0.1) is 11.6 Å². The normalized spacial score (nSPS) is 32.0. The Balaban J connectivity index is 1.48. The van der Waals surface area contributed by atoms with Crippen LogP contribution in [0.1, 0.15) is 26.3 Å². The Kier molecular flexibility index (Phi) is 6.24. The highest BCUT2D eigenvalue weighted by Crippen LogP contribution is 2.36. The van der Waals surface area contributed by atoms with E-state index in [1.807, 2.05) is 30.3 Å². The van der Waals surface area contributed by atoms with Gasteiger partial charge in [-0.1, -0.05) is 42.5 Å². The van der Waals surface area contributed by atoms with Crippen molar-refractivity contribution in [2.24, 2.45) is 0 Å². The maximum absolute atomic E-state index is 13.2. The van der Waals surface area contributed by atoms with E-state index in [4.69, 9.17) is 43.2 Å². The molecule has 0 spiro atoms. The summed E-state index contributed by atoms with van der Waals surface area (Å²) < 4.78 is 23.9. The second kappa shape index (κ2) is 9.13. The first-order valence-corrected chi connectivity index (χ1v) is 11.4. The number of halogens is 1. The van der Waals surface area contributed by atoms with E-state index in [1.54, 1.807) is 24.3 Å². The summed E-state index contributed by atoms with van der Waals surface area (Å²) in [5.41, 5.74) is 0.739. The standard InChI is InChI=1S/C23H22ClNO6S/c24-10-17-28-12-16-19(31-17)20(29-11-13-6-2-1-3-7-13)18(23(32)30-16)25-21(26)14-8-4-5-9-15(14)22(25)27/h1-9,16-20,23,32H,10-12H2/p-1/t16-,17?,18-,19+,20-,23+/m1/s1. The highest BCUT2D eigenvalue weighted by Gasteiger charge is 2.53. The van der Waals surface area contributed by atoms with Gasteiger partial charge in [0.15, 0.2) is 6.29 Å². The third-order valence-corrected chi connectivity index (χ3v) is 6.55. The summed E-state index contributed by atoms with van der Waals surface area (Å²) in [6.07, 6.45) is -2.46. The van der Waals surface area contributed by atoms with Crippen LogP contribution in [0, 0.1) is 0 Å². The largest absolute Gasteiger partial charge is 0.759 e. The molecule has 2 saturated heterocycles. The van der Waals surface area contributed by atoms with Gasteiger partial charge in [0, 0.05) is 0 Å². The number of benzene rings is 2. The average molecular weight is 475 g/mol. The van der Waals surface area contributed by atoms with Gasteiger partial charge >= 0.3 is 0 Å². The van der Waals surface area contributed by atoms with Gasteiger partial charge in [0.05, 0.1) is 36.3 Å². The topological polar surface area (TPSA) is 74.3 Å². The van der Waals surface area contributed by atoms with Crippen molar-refractivity contribution in [1.29, 1.82) is 0 Å². The molecule has 2 aromatic carbocycles. The van der Waals surface area contributed by atoms with Crippen LogP contribution in [0.4, 0.5) is 0 Å². The van der Waals surface area contributed by atoms with Crippen molar-refractivity contribution in [3.05, 3.63) is 71.3 Å². The van der Waals surface area contributed by atoms with Crippen molar-refractivity contribution in [1.82, 2.24) is 4.90 Å². The molecule has 0 bridgehead atoms. The third-order valence-electron chi connectivity index (χ3n) is 5.90. The summed E-state index contributed by atoms with van der Waals surface area (Å²) in [5, 5.41) is 0. The maximum Gasteiger partial charge on any atom is 0.261 e. The van der Waals surface area contributed by atoms with Crippen LogP contribution >= 0.6 is 11.6 Å². The first kappa shape index (κ1) is 21.9. The molecule has 0 radical (unpaired) electrons. The number of hydrogen-bond donors (Lipinski definition) is 0. The van der Waals surface area contributed by atoms with E-state index in [2.05, 4.69) is 0 Å². The molecule has 0 saturated carbocycles. The van der Waals surface area contributed by atoms with Crippen molar-refractivity contribution in [2.75, 3.05) is 12.5 Å². The average Bonchev–Trinajstić information content (AvgIpc) is 3.08. The van der Waals surface area contributed by atoms with Crippen LogP contribution in [0.3, 0.4) is 0 Å². The number of nitrogens with zero attached hydrogens (tertiary/aromatic N) is 1. The van der Waals surface area contributed by atoms with E-state index < -0.39 is 47.9 Å². The van der Waals surface area contributed by atoms with Crippen molar-refractivity contribution >= 4 is 36.0 Å². The Morgan fingerprint density at radius 2 is 1.66 bits per heavy atom. The van der Waals surface area contributed by atoms with Gasteiger partial charge in [-0.3, -0.25) is 14.5 Å². The number of hydrogen-bond acceptors (Lipinski definition) is 7. The number of imide groups is 1. The summed E-state index contributed by atoms with van der Waals surface area (Å²) in [4.78, 5) is 27.6. The van der Waals surface area contributed by atoms with Crippen LogP contribution in [0.2, 0.25) is 0 Å². The molecule has 3 aliphatic heterocycles. The quantitative estimate of drug-likeness (QED) is 0.374. The minimum absolute atomic E-state index is 0.129. The first-order valence-electron chi connectivity index (χ1n) is 10.3. The summed E-state index contributed by atoms with van der Waals surface area (Å²) in [7, 11) is 0. The second-order valence-corrected chi connectivity index (χ2v) is 8.61. The van der Waals surface area contributed by atoms with Crippen LogP contribution in [0.25, 0.3) is 0 Å². The first-order chi connectivity index (χ1) is 15.6.